The van der Waals surface area contributed by atoms with Gasteiger partial charge in [0.05, 0.1) is 13.2 Å². The van der Waals surface area contributed by atoms with Crippen LogP contribution in [0.1, 0.15) is 106 Å². The van der Waals surface area contributed by atoms with Gasteiger partial charge in [-0.1, -0.05) is 64.3 Å². The highest BCUT2D eigenvalue weighted by Gasteiger charge is 2.06. The van der Waals surface area contributed by atoms with Gasteiger partial charge >= 0.3 is 0 Å². The molecule has 1 saturated heterocycles. The third kappa shape index (κ3) is 15.8. The molecule has 174 valence electrons. The van der Waals surface area contributed by atoms with Crippen LogP contribution in [0.15, 0.2) is 69.9 Å². The topological polar surface area (TPSA) is 9.23 Å². The number of hydrogen-bond donors (Lipinski definition) is 0. The summed E-state index contributed by atoms with van der Waals surface area (Å²) < 4.78 is 5.18. The van der Waals surface area contributed by atoms with E-state index in [1.54, 1.807) is 0 Å². The molecule has 0 N–H and O–H groups in total. The van der Waals surface area contributed by atoms with Gasteiger partial charge in [0.2, 0.25) is 0 Å². The number of hydrogen-bond acceptors (Lipinski definition) is 1. The summed E-state index contributed by atoms with van der Waals surface area (Å²) in [5.74, 6) is 0. The predicted octanol–water partition coefficient (Wildman–Crippen LogP) is 9.60. The molecule has 0 saturated carbocycles. The van der Waals surface area contributed by atoms with E-state index in [0.29, 0.717) is 0 Å². The molecule has 1 heteroatoms. The first-order valence-electron chi connectivity index (χ1n) is 12.4. The molecule has 0 aromatic heterocycles. The Kier molecular flexibility index (Phi) is 15.1. The maximum Gasteiger partial charge on any atom is 0.0703 e. The third-order valence-electron chi connectivity index (χ3n) is 5.85. The van der Waals surface area contributed by atoms with Crippen LogP contribution in [0.5, 0.6) is 0 Å². The summed E-state index contributed by atoms with van der Waals surface area (Å²) in [5, 5.41) is 0. The molecule has 1 nitrogen and oxygen atoms in total. The van der Waals surface area contributed by atoms with Crippen molar-refractivity contribution in [1.29, 1.82) is 0 Å². The fourth-order valence-electron chi connectivity index (χ4n) is 3.59. The highest BCUT2D eigenvalue weighted by Crippen LogP contribution is 2.15. The van der Waals surface area contributed by atoms with Crippen molar-refractivity contribution in [3.63, 3.8) is 0 Å². The zero-order valence-corrected chi connectivity index (χ0v) is 21.4. The second-order valence-electron chi connectivity index (χ2n) is 9.57. The van der Waals surface area contributed by atoms with Gasteiger partial charge < -0.3 is 4.74 Å². The molecule has 0 unspecified atom stereocenters. The van der Waals surface area contributed by atoms with E-state index in [-0.39, 0.29) is 0 Å². The molecular formula is C30H48O. The van der Waals surface area contributed by atoms with Crippen LogP contribution in [0.4, 0.5) is 0 Å². The quantitative estimate of drug-likeness (QED) is 0.188. The third-order valence-corrected chi connectivity index (χ3v) is 5.85. The first-order valence-corrected chi connectivity index (χ1v) is 12.4. The van der Waals surface area contributed by atoms with Crippen LogP contribution in [-0.4, -0.2) is 13.2 Å². The number of unbranched alkanes of at least 4 members (excludes halogenated alkanes) is 1. The molecule has 0 aromatic carbocycles. The lowest BCUT2D eigenvalue weighted by Gasteiger charge is -2.17. The van der Waals surface area contributed by atoms with E-state index in [1.165, 1.54) is 91.2 Å². The summed E-state index contributed by atoms with van der Waals surface area (Å²) >= 11 is 0. The van der Waals surface area contributed by atoms with Crippen molar-refractivity contribution in [2.24, 2.45) is 0 Å². The maximum atomic E-state index is 5.18. The Morgan fingerprint density at radius 1 is 0.548 bits per heavy atom. The Morgan fingerprint density at radius 3 is 1.32 bits per heavy atom. The predicted molar refractivity (Wildman–Crippen MR) is 140 cm³/mol. The second-order valence-corrected chi connectivity index (χ2v) is 9.57. The Labute approximate surface area is 193 Å². The normalized spacial score (nSPS) is 15.7. The molecule has 0 aliphatic carbocycles. The van der Waals surface area contributed by atoms with Gasteiger partial charge in [-0.15, -0.1) is 0 Å². The Morgan fingerprint density at radius 2 is 0.935 bits per heavy atom. The van der Waals surface area contributed by atoms with Crippen molar-refractivity contribution < 1.29 is 4.74 Å². The van der Waals surface area contributed by atoms with Gasteiger partial charge in [-0.25, -0.2) is 0 Å². The Balaban J connectivity index is 2.15. The number of rotatable bonds is 15. The largest absolute Gasteiger partial charge is 0.373 e. The van der Waals surface area contributed by atoms with Crippen LogP contribution in [0.3, 0.4) is 0 Å². The molecule has 0 radical (unpaired) electrons. The van der Waals surface area contributed by atoms with Gasteiger partial charge in [0.25, 0.3) is 0 Å². The SMILES string of the molecule is CC(C)=CCC/C(C)=C/CC/C(C)=C/CC/C=C(\C)CC/C=C(\C)CCC=C1COC1. The number of allylic oxidation sites excluding steroid dienone is 11. The van der Waals surface area contributed by atoms with Crippen molar-refractivity contribution in [2.75, 3.05) is 13.2 Å². The van der Waals surface area contributed by atoms with Crippen molar-refractivity contribution >= 4 is 0 Å². The average molecular weight is 425 g/mol. The smallest absolute Gasteiger partial charge is 0.0703 e. The van der Waals surface area contributed by atoms with Crippen LogP contribution < -0.4 is 0 Å². The molecule has 1 heterocycles. The van der Waals surface area contributed by atoms with Crippen LogP contribution in [0, 0.1) is 0 Å². The molecule has 31 heavy (non-hydrogen) atoms. The van der Waals surface area contributed by atoms with Crippen molar-refractivity contribution in [2.45, 2.75) is 106 Å². The van der Waals surface area contributed by atoms with Crippen LogP contribution in [0.2, 0.25) is 0 Å². The van der Waals surface area contributed by atoms with Gasteiger partial charge in [0.15, 0.2) is 0 Å². The van der Waals surface area contributed by atoms with Gasteiger partial charge in [-0.3, -0.25) is 0 Å². The first-order chi connectivity index (χ1) is 14.9. The molecule has 0 spiro atoms. The van der Waals surface area contributed by atoms with Crippen LogP contribution in [-0.2, 0) is 4.74 Å². The molecule has 1 aliphatic heterocycles. The summed E-state index contributed by atoms with van der Waals surface area (Å²) in [7, 11) is 0. The summed E-state index contributed by atoms with van der Waals surface area (Å²) in [6.45, 7) is 15.2. The molecule has 0 bridgehead atoms. The Hall–Kier alpha value is -1.60. The average Bonchev–Trinajstić information content (AvgIpc) is 2.67. The first kappa shape index (κ1) is 27.4. The molecule has 0 atom stereocenters. The van der Waals surface area contributed by atoms with Crippen molar-refractivity contribution in [1.82, 2.24) is 0 Å². The molecule has 1 aliphatic rings. The Bertz CT molecular complexity index is 684. The summed E-state index contributed by atoms with van der Waals surface area (Å²) in [5.41, 5.74) is 8.99. The summed E-state index contributed by atoms with van der Waals surface area (Å²) in [4.78, 5) is 0. The minimum Gasteiger partial charge on any atom is -0.373 e. The summed E-state index contributed by atoms with van der Waals surface area (Å²) in [6, 6.07) is 0. The minimum absolute atomic E-state index is 0.856. The van der Waals surface area contributed by atoms with Gasteiger partial charge in [0, 0.05) is 0 Å². The van der Waals surface area contributed by atoms with E-state index < -0.39 is 0 Å². The van der Waals surface area contributed by atoms with Gasteiger partial charge in [-0.2, -0.15) is 0 Å². The lowest BCUT2D eigenvalue weighted by molar-refractivity contribution is 0.102. The standard InChI is InChI=1S/C30H48O/c1-25(2)13-9-16-28(5)19-10-17-26(3)14-7-8-15-27(4)18-11-20-29(6)21-12-22-30-23-31-24-30/h13-15,19-20,22H,7-12,16-18,21,23-24H2,1-6H3/b26-14+,27-15+,28-19+,29-20+. The van der Waals surface area contributed by atoms with Crippen molar-refractivity contribution in [3.8, 4) is 0 Å². The molecule has 1 rings (SSSR count). The number of ether oxygens (including phenoxy) is 1. The lowest BCUT2D eigenvalue weighted by atomic mass is 10.0. The van der Waals surface area contributed by atoms with E-state index in [1.807, 2.05) is 0 Å². The fourth-order valence-corrected chi connectivity index (χ4v) is 3.59. The second kappa shape index (κ2) is 17.0. The molecule has 0 amide bonds. The lowest BCUT2D eigenvalue weighted by Crippen LogP contribution is -2.15. The molecule has 0 aromatic rings. The zero-order valence-electron chi connectivity index (χ0n) is 21.4. The fraction of sp³-hybridized carbons (Fsp3) is 0.600. The van der Waals surface area contributed by atoms with E-state index >= 15 is 0 Å². The van der Waals surface area contributed by atoms with E-state index in [2.05, 4.69) is 78.0 Å². The minimum atomic E-state index is 0.856. The highest BCUT2D eigenvalue weighted by molar-refractivity contribution is 5.11. The van der Waals surface area contributed by atoms with E-state index in [4.69, 9.17) is 4.74 Å². The molecular weight excluding hydrogens is 376 g/mol. The van der Waals surface area contributed by atoms with Gasteiger partial charge in [-0.05, 0) is 111 Å². The van der Waals surface area contributed by atoms with Crippen molar-refractivity contribution in [3.05, 3.63) is 69.9 Å². The monoisotopic (exact) mass is 424 g/mol. The van der Waals surface area contributed by atoms with Crippen LogP contribution in [0.25, 0.3) is 0 Å². The van der Waals surface area contributed by atoms with Crippen LogP contribution >= 0.6 is 0 Å². The highest BCUT2D eigenvalue weighted by atomic mass is 16.5. The van der Waals surface area contributed by atoms with E-state index in [0.717, 1.165) is 19.6 Å². The summed E-state index contributed by atoms with van der Waals surface area (Å²) in [6.07, 6.45) is 26.2. The zero-order chi connectivity index (χ0) is 22.9. The van der Waals surface area contributed by atoms with Gasteiger partial charge in [0.1, 0.15) is 0 Å². The molecule has 1 fully saturated rings. The van der Waals surface area contributed by atoms with E-state index in [9.17, 15) is 0 Å². The maximum absolute atomic E-state index is 5.18.